The van der Waals surface area contributed by atoms with E-state index in [1.165, 1.54) is 19.1 Å². The van der Waals surface area contributed by atoms with Gasteiger partial charge in [-0.2, -0.15) is 0 Å². The molecule has 6 rings (SSSR count). The van der Waals surface area contributed by atoms with Gasteiger partial charge in [0.2, 0.25) is 0 Å². The van der Waals surface area contributed by atoms with E-state index in [1.807, 2.05) is 39.8 Å². The molecule has 10 heteroatoms. The minimum absolute atomic E-state index is 0.0433. The van der Waals surface area contributed by atoms with Crippen LogP contribution in [0.1, 0.15) is 53.9 Å². The first-order valence-electron chi connectivity index (χ1n) is 14.3. The van der Waals surface area contributed by atoms with Crippen molar-refractivity contribution >= 4 is 17.9 Å². The van der Waals surface area contributed by atoms with E-state index in [0.29, 0.717) is 25.9 Å². The number of carbonyl (C=O) groups is 3. The SMILES string of the molecule is CC(=O)O[C@H]1C[C@@]23COC(=O)/C=C(/C)CC4OC(/C=C/C=C\C(=O)O[C@@H]5C[C@@H](O[C@@H]2C=C1C)[C@@]1(CO1)[C@]53C)[C@@H](C)O4. The minimum Gasteiger partial charge on any atom is -0.462 e. The third kappa shape index (κ3) is 4.59. The van der Waals surface area contributed by atoms with E-state index < -0.39 is 58.9 Å². The Morgan fingerprint density at radius 3 is 2.56 bits per heavy atom. The second-order valence-electron chi connectivity index (χ2n) is 12.4. The first-order valence-corrected chi connectivity index (χ1v) is 14.3. The molecular formula is C31H38O10. The Hall–Kier alpha value is -2.79. The molecule has 2 unspecified atom stereocenters. The molecule has 6 aliphatic rings. The van der Waals surface area contributed by atoms with Crippen molar-refractivity contribution in [2.45, 2.75) is 102 Å². The molecule has 10 nitrogen and oxygen atoms in total. The Morgan fingerprint density at radius 1 is 1.05 bits per heavy atom. The van der Waals surface area contributed by atoms with Crippen LogP contribution in [-0.4, -0.2) is 79.6 Å². The molecule has 0 radical (unpaired) electrons. The normalized spacial score (nSPS) is 48.4. The minimum atomic E-state index is -0.909. The van der Waals surface area contributed by atoms with E-state index in [-0.39, 0.29) is 24.9 Å². The highest BCUT2D eigenvalue weighted by Crippen LogP contribution is 2.72. The average molecular weight is 571 g/mol. The van der Waals surface area contributed by atoms with E-state index in [1.54, 1.807) is 12.2 Å². The fraction of sp³-hybridized carbons (Fsp3) is 0.645. The maximum Gasteiger partial charge on any atom is 0.331 e. The van der Waals surface area contributed by atoms with E-state index in [9.17, 15) is 14.4 Å². The number of hydrogen-bond donors (Lipinski definition) is 0. The number of fused-ring (bicyclic) bond motifs is 2. The van der Waals surface area contributed by atoms with Gasteiger partial charge >= 0.3 is 17.9 Å². The molecular weight excluding hydrogens is 532 g/mol. The number of ether oxygens (including phenoxy) is 7. The zero-order chi connectivity index (χ0) is 29.2. The molecule has 0 amide bonds. The smallest absolute Gasteiger partial charge is 0.331 e. The molecule has 2 spiro atoms. The lowest BCUT2D eigenvalue weighted by Crippen LogP contribution is -2.68. The van der Waals surface area contributed by atoms with Crippen LogP contribution in [0.15, 0.2) is 47.6 Å². The number of cyclic esters (lactones) is 1. The summed E-state index contributed by atoms with van der Waals surface area (Å²) in [7, 11) is 0. The third-order valence-corrected chi connectivity index (χ3v) is 9.96. The van der Waals surface area contributed by atoms with Crippen LogP contribution in [0.4, 0.5) is 0 Å². The molecule has 10 atom stereocenters. The summed E-state index contributed by atoms with van der Waals surface area (Å²) >= 11 is 0. The van der Waals surface area contributed by atoms with Gasteiger partial charge in [0.15, 0.2) is 6.29 Å². The largest absolute Gasteiger partial charge is 0.462 e. The van der Waals surface area contributed by atoms with Crippen LogP contribution < -0.4 is 0 Å². The second kappa shape index (κ2) is 10.2. The average Bonchev–Trinajstić information content (AvgIpc) is 3.59. The first-order chi connectivity index (χ1) is 19.5. The molecule has 0 N–H and O–H groups in total. The van der Waals surface area contributed by atoms with Gasteiger partial charge in [0.25, 0.3) is 0 Å². The van der Waals surface area contributed by atoms with Crippen LogP contribution in [0.2, 0.25) is 0 Å². The fourth-order valence-corrected chi connectivity index (χ4v) is 7.64. The summed E-state index contributed by atoms with van der Waals surface area (Å²) in [5.41, 5.74) is -0.803. The summed E-state index contributed by atoms with van der Waals surface area (Å²) in [6.45, 7) is 9.45. The predicted octanol–water partition coefficient (Wildman–Crippen LogP) is 3.25. The highest BCUT2D eigenvalue weighted by molar-refractivity contribution is 5.83. The van der Waals surface area contributed by atoms with Crippen molar-refractivity contribution in [3.63, 3.8) is 0 Å². The van der Waals surface area contributed by atoms with Crippen LogP contribution in [0, 0.1) is 10.8 Å². The van der Waals surface area contributed by atoms with Crippen LogP contribution >= 0.6 is 0 Å². The van der Waals surface area contributed by atoms with Gasteiger partial charge in [-0.25, -0.2) is 9.59 Å². The lowest BCUT2D eigenvalue weighted by molar-refractivity contribution is -0.239. The first kappa shape index (κ1) is 28.3. The van der Waals surface area contributed by atoms with Crippen LogP contribution in [-0.2, 0) is 47.5 Å². The standard InChI is InChI=1S/C31H38O10/c1-17-10-27(34)35-15-30-14-22(38-20(4)32)18(2)12-24(30)40-25-13-23(29(30,5)31(25)16-36-31)41-26(33)9-7-6-8-21-19(3)37-28(11-17)39-21/h6-10,12,19,21-25,28H,11,13-16H2,1-5H3/b8-6+,9-7-,17-10-/t19-,21?,22+,23-,24-,25-,28?,29-,30-,31+/m1/s1. The summed E-state index contributed by atoms with van der Waals surface area (Å²) in [6.07, 6.45) is 8.26. The maximum atomic E-state index is 13.2. The van der Waals surface area contributed by atoms with E-state index in [2.05, 4.69) is 0 Å². The van der Waals surface area contributed by atoms with Crippen molar-refractivity contribution in [3.8, 4) is 0 Å². The lowest BCUT2D eigenvalue weighted by Gasteiger charge is -2.59. The van der Waals surface area contributed by atoms with Gasteiger partial charge in [-0.3, -0.25) is 4.79 Å². The summed E-state index contributed by atoms with van der Waals surface area (Å²) < 4.78 is 42.6. The number of epoxide rings is 1. The van der Waals surface area contributed by atoms with Crippen molar-refractivity contribution in [2.24, 2.45) is 10.8 Å². The van der Waals surface area contributed by atoms with Crippen molar-refractivity contribution in [2.75, 3.05) is 13.2 Å². The molecule has 0 aromatic heterocycles. The Morgan fingerprint density at radius 2 is 1.83 bits per heavy atom. The maximum absolute atomic E-state index is 13.2. The number of rotatable bonds is 1. The molecule has 1 saturated carbocycles. The molecule has 4 aliphatic heterocycles. The molecule has 222 valence electrons. The number of esters is 3. The summed E-state index contributed by atoms with van der Waals surface area (Å²) in [5.74, 6) is -1.42. The number of allylic oxidation sites excluding steroid dienone is 2. The molecule has 2 aliphatic carbocycles. The highest BCUT2D eigenvalue weighted by Gasteiger charge is 2.83. The van der Waals surface area contributed by atoms with E-state index in [4.69, 9.17) is 33.2 Å². The Labute approximate surface area is 239 Å². The van der Waals surface area contributed by atoms with Gasteiger partial charge in [-0.1, -0.05) is 36.8 Å². The summed E-state index contributed by atoms with van der Waals surface area (Å²) in [6, 6.07) is 0. The van der Waals surface area contributed by atoms with Crippen LogP contribution in [0.5, 0.6) is 0 Å². The molecule has 0 aromatic rings. The van der Waals surface area contributed by atoms with Gasteiger partial charge in [0.05, 0.1) is 35.7 Å². The topological polar surface area (TPSA) is 119 Å². The summed E-state index contributed by atoms with van der Waals surface area (Å²) in [5, 5.41) is 0. The predicted molar refractivity (Wildman–Crippen MR) is 143 cm³/mol. The Bertz CT molecular complexity index is 1240. The quantitative estimate of drug-likeness (QED) is 0.201. The third-order valence-electron chi connectivity index (χ3n) is 9.96. The van der Waals surface area contributed by atoms with Gasteiger partial charge < -0.3 is 33.2 Å². The highest BCUT2D eigenvalue weighted by atomic mass is 16.7. The van der Waals surface area contributed by atoms with Gasteiger partial charge in [0, 0.05) is 38.3 Å². The fourth-order valence-electron chi connectivity index (χ4n) is 7.64. The molecule has 4 heterocycles. The zero-order valence-corrected chi connectivity index (χ0v) is 24.1. The van der Waals surface area contributed by atoms with Crippen LogP contribution in [0.25, 0.3) is 0 Å². The van der Waals surface area contributed by atoms with Crippen molar-refractivity contribution in [1.29, 1.82) is 0 Å². The van der Waals surface area contributed by atoms with Crippen molar-refractivity contribution in [3.05, 3.63) is 47.6 Å². The van der Waals surface area contributed by atoms with Crippen LogP contribution in [0.3, 0.4) is 0 Å². The Balaban J connectivity index is 1.40. The lowest BCUT2D eigenvalue weighted by atomic mass is 9.51. The molecule has 4 fully saturated rings. The second-order valence-corrected chi connectivity index (χ2v) is 12.4. The van der Waals surface area contributed by atoms with Gasteiger partial charge in [-0.05, 0) is 26.3 Å². The molecule has 41 heavy (non-hydrogen) atoms. The zero-order valence-electron chi connectivity index (χ0n) is 24.1. The van der Waals surface area contributed by atoms with Gasteiger partial charge in [0.1, 0.15) is 30.5 Å². The molecule has 4 bridgehead atoms. The Kier molecular flexibility index (Phi) is 7.04. The van der Waals surface area contributed by atoms with E-state index >= 15 is 0 Å². The van der Waals surface area contributed by atoms with Gasteiger partial charge in [-0.15, -0.1) is 0 Å². The number of hydrogen-bond acceptors (Lipinski definition) is 10. The van der Waals surface area contributed by atoms with E-state index in [0.717, 1.165) is 11.1 Å². The summed E-state index contributed by atoms with van der Waals surface area (Å²) in [4.78, 5) is 38.4. The monoisotopic (exact) mass is 570 g/mol. The molecule has 0 aromatic carbocycles. The number of carbonyl (C=O) groups excluding carboxylic acids is 3. The molecule has 3 saturated heterocycles. The van der Waals surface area contributed by atoms with Crippen molar-refractivity contribution in [1.82, 2.24) is 0 Å². The van der Waals surface area contributed by atoms with Crippen molar-refractivity contribution < 1.29 is 47.5 Å².